The third-order valence-corrected chi connectivity index (χ3v) is 3.10. The highest BCUT2D eigenvalue weighted by molar-refractivity contribution is 5.81. The van der Waals surface area contributed by atoms with Crippen molar-refractivity contribution in [2.45, 2.75) is 32.6 Å². The molecule has 0 aromatic heterocycles. The smallest absolute Gasteiger partial charge is 0.225 e. The average Bonchev–Trinajstić information content (AvgIpc) is 2.82. The lowest BCUT2D eigenvalue weighted by atomic mass is 10.1. The lowest BCUT2D eigenvalue weighted by molar-refractivity contribution is -0.131. The van der Waals surface area contributed by atoms with E-state index in [0.717, 1.165) is 31.8 Å². The molecule has 0 spiro atoms. The van der Waals surface area contributed by atoms with Crippen LogP contribution in [-0.4, -0.2) is 23.9 Å². The van der Waals surface area contributed by atoms with Gasteiger partial charge in [0.2, 0.25) is 5.91 Å². The summed E-state index contributed by atoms with van der Waals surface area (Å²) in [7, 11) is 0. The molecule has 1 saturated heterocycles. The molecule has 0 bridgehead atoms. The number of carbonyl (C=O) groups excluding carboxylic acids is 1. The molecule has 0 aromatic carbocycles. The zero-order valence-corrected chi connectivity index (χ0v) is 7.75. The molecule has 1 atom stereocenters. The molecule has 68 valence electrons. The Kier molecular flexibility index (Phi) is 2.07. The van der Waals surface area contributed by atoms with E-state index in [9.17, 15) is 4.79 Å². The molecule has 1 saturated carbocycles. The first kappa shape index (κ1) is 8.09. The Hall–Kier alpha value is -0.530. The SMILES string of the molecule is CCC1CCN(C(=O)C2CC2)C1. The van der Waals surface area contributed by atoms with Gasteiger partial charge in [-0.3, -0.25) is 4.79 Å². The Balaban J connectivity index is 1.85. The summed E-state index contributed by atoms with van der Waals surface area (Å²) in [5, 5.41) is 0. The van der Waals surface area contributed by atoms with Crippen LogP contribution in [0.2, 0.25) is 0 Å². The second kappa shape index (κ2) is 3.08. The number of rotatable bonds is 2. The molecule has 2 fully saturated rings. The maximum atomic E-state index is 11.6. The van der Waals surface area contributed by atoms with Gasteiger partial charge in [-0.2, -0.15) is 0 Å². The summed E-state index contributed by atoms with van der Waals surface area (Å²) < 4.78 is 0. The van der Waals surface area contributed by atoms with Crippen molar-refractivity contribution in [3.8, 4) is 0 Å². The Morgan fingerprint density at radius 1 is 1.42 bits per heavy atom. The van der Waals surface area contributed by atoms with Gasteiger partial charge in [0, 0.05) is 19.0 Å². The van der Waals surface area contributed by atoms with Crippen molar-refractivity contribution in [1.29, 1.82) is 0 Å². The molecule has 1 heterocycles. The molecule has 1 aliphatic carbocycles. The van der Waals surface area contributed by atoms with Gasteiger partial charge >= 0.3 is 0 Å². The molecular formula is C10H17NO. The van der Waals surface area contributed by atoms with Crippen molar-refractivity contribution in [2.24, 2.45) is 11.8 Å². The second-order valence-corrected chi connectivity index (χ2v) is 4.12. The van der Waals surface area contributed by atoms with Gasteiger partial charge in [0.05, 0.1) is 0 Å². The van der Waals surface area contributed by atoms with Crippen LogP contribution in [-0.2, 0) is 4.79 Å². The van der Waals surface area contributed by atoms with E-state index < -0.39 is 0 Å². The van der Waals surface area contributed by atoms with Crippen molar-refractivity contribution < 1.29 is 4.79 Å². The number of nitrogens with zero attached hydrogens (tertiary/aromatic N) is 1. The second-order valence-electron chi connectivity index (χ2n) is 4.12. The van der Waals surface area contributed by atoms with Crippen molar-refractivity contribution in [2.75, 3.05) is 13.1 Å². The molecule has 1 aliphatic heterocycles. The van der Waals surface area contributed by atoms with E-state index in [1.807, 2.05) is 0 Å². The summed E-state index contributed by atoms with van der Waals surface area (Å²) in [6.45, 7) is 4.27. The number of hydrogen-bond donors (Lipinski definition) is 0. The average molecular weight is 167 g/mol. The molecule has 2 nitrogen and oxygen atoms in total. The lowest BCUT2D eigenvalue weighted by Crippen LogP contribution is -2.29. The molecule has 2 rings (SSSR count). The minimum Gasteiger partial charge on any atom is -0.342 e. The van der Waals surface area contributed by atoms with Crippen molar-refractivity contribution >= 4 is 5.91 Å². The summed E-state index contributed by atoms with van der Waals surface area (Å²) in [5.41, 5.74) is 0. The van der Waals surface area contributed by atoms with E-state index in [1.165, 1.54) is 12.8 Å². The van der Waals surface area contributed by atoms with Crippen LogP contribution in [0.1, 0.15) is 32.6 Å². The Morgan fingerprint density at radius 2 is 2.17 bits per heavy atom. The van der Waals surface area contributed by atoms with Gasteiger partial charge in [-0.1, -0.05) is 13.3 Å². The van der Waals surface area contributed by atoms with Crippen LogP contribution < -0.4 is 0 Å². The molecule has 12 heavy (non-hydrogen) atoms. The molecule has 0 aromatic rings. The van der Waals surface area contributed by atoms with E-state index >= 15 is 0 Å². The van der Waals surface area contributed by atoms with Crippen molar-refractivity contribution in [3.05, 3.63) is 0 Å². The van der Waals surface area contributed by atoms with Crippen LogP contribution in [0.25, 0.3) is 0 Å². The summed E-state index contributed by atoms with van der Waals surface area (Å²) in [6.07, 6.45) is 4.75. The van der Waals surface area contributed by atoms with Crippen LogP contribution >= 0.6 is 0 Å². The summed E-state index contributed by atoms with van der Waals surface area (Å²) in [4.78, 5) is 13.7. The zero-order chi connectivity index (χ0) is 8.55. The predicted molar refractivity (Wildman–Crippen MR) is 47.7 cm³/mol. The normalized spacial score (nSPS) is 29.4. The number of carbonyl (C=O) groups is 1. The van der Waals surface area contributed by atoms with E-state index in [2.05, 4.69) is 11.8 Å². The summed E-state index contributed by atoms with van der Waals surface area (Å²) in [5.74, 6) is 1.64. The molecule has 2 aliphatic rings. The maximum Gasteiger partial charge on any atom is 0.225 e. The van der Waals surface area contributed by atoms with Gasteiger partial charge in [0.1, 0.15) is 0 Å². The van der Waals surface area contributed by atoms with Crippen LogP contribution in [0.15, 0.2) is 0 Å². The monoisotopic (exact) mass is 167 g/mol. The minimum absolute atomic E-state index is 0.417. The third kappa shape index (κ3) is 1.47. The van der Waals surface area contributed by atoms with Gasteiger partial charge in [-0.05, 0) is 25.2 Å². The number of hydrogen-bond acceptors (Lipinski definition) is 1. The van der Waals surface area contributed by atoms with Crippen LogP contribution in [0.4, 0.5) is 0 Å². The predicted octanol–water partition coefficient (Wildman–Crippen LogP) is 1.65. The van der Waals surface area contributed by atoms with Gasteiger partial charge in [-0.15, -0.1) is 0 Å². The zero-order valence-electron chi connectivity index (χ0n) is 7.75. The molecule has 1 amide bonds. The maximum absolute atomic E-state index is 11.6. The Morgan fingerprint density at radius 3 is 2.67 bits per heavy atom. The third-order valence-electron chi connectivity index (χ3n) is 3.10. The molecular weight excluding hydrogens is 150 g/mol. The Labute approximate surface area is 73.9 Å². The first-order valence-electron chi connectivity index (χ1n) is 5.10. The van der Waals surface area contributed by atoms with Crippen LogP contribution in [0.5, 0.6) is 0 Å². The van der Waals surface area contributed by atoms with E-state index in [0.29, 0.717) is 11.8 Å². The molecule has 0 radical (unpaired) electrons. The highest BCUT2D eigenvalue weighted by Gasteiger charge is 2.35. The quantitative estimate of drug-likeness (QED) is 0.612. The minimum atomic E-state index is 0.417. The molecule has 2 heteroatoms. The van der Waals surface area contributed by atoms with E-state index in [4.69, 9.17) is 0 Å². The molecule has 0 N–H and O–H groups in total. The molecule has 1 unspecified atom stereocenters. The number of amides is 1. The fraction of sp³-hybridized carbons (Fsp3) is 0.900. The lowest BCUT2D eigenvalue weighted by Gasteiger charge is -2.15. The Bertz CT molecular complexity index is 186. The standard InChI is InChI=1S/C10H17NO/c1-2-8-5-6-11(7-8)10(12)9-3-4-9/h8-9H,2-7H2,1H3. The summed E-state index contributed by atoms with van der Waals surface area (Å²) in [6, 6.07) is 0. The highest BCUT2D eigenvalue weighted by atomic mass is 16.2. The van der Waals surface area contributed by atoms with Gasteiger partial charge in [0.25, 0.3) is 0 Å². The van der Waals surface area contributed by atoms with E-state index in [-0.39, 0.29) is 0 Å². The van der Waals surface area contributed by atoms with Gasteiger partial charge in [-0.25, -0.2) is 0 Å². The largest absolute Gasteiger partial charge is 0.342 e. The van der Waals surface area contributed by atoms with Crippen LogP contribution in [0, 0.1) is 11.8 Å². The number of likely N-dealkylation sites (tertiary alicyclic amines) is 1. The fourth-order valence-electron chi connectivity index (χ4n) is 1.95. The summed E-state index contributed by atoms with van der Waals surface area (Å²) >= 11 is 0. The first-order valence-corrected chi connectivity index (χ1v) is 5.10. The van der Waals surface area contributed by atoms with Gasteiger partial charge < -0.3 is 4.90 Å². The van der Waals surface area contributed by atoms with Gasteiger partial charge in [0.15, 0.2) is 0 Å². The highest BCUT2D eigenvalue weighted by Crippen LogP contribution is 2.33. The van der Waals surface area contributed by atoms with Crippen molar-refractivity contribution in [1.82, 2.24) is 4.90 Å². The first-order chi connectivity index (χ1) is 5.81. The topological polar surface area (TPSA) is 20.3 Å². The fourth-order valence-corrected chi connectivity index (χ4v) is 1.95. The van der Waals surface area contributed by atoms with Crippen LogP contribution in [0.3, 0.4) is 0 Å². The van der Waals surface area contributed by atoms with Crippen molar-refractivity contribution in [3.63, 3.8) is 0 Å². The van der Waals surface area contributed by atoms with E-state index in [1.54, 1.807) is 0 Å².